The first kappa shape index (κ1) is 22.1. The van der Waals surface area contributed by atoms with Crippen molar-refractivity contribution in [2.45, 2.75) is 19.4 Å². The fraction of sp³-hybridized carbons (Fsp3) is 0.250. The van der Waals surface area contributed by atoms with Crippen molar-refractivity contribution in [3.05, 3.63) is 54.0 Å². The largest absolute Gasteiger partial charge is 0.439 e. The molecule has 1 heterocycles. The van der Waals surface area contributed by atoms with Gasteiger partial charge in [0.05, 0.1) is 0 Å². The third kappa shape index (κ3) is 7.59. The Morgan fingerprint density at radius 1 is 1.25 bits per heavy atom. The molecule has 0 aliphatic carbocycles. The summed E-state index contributed by atoms with van der Waals surface area (Å²) in [5.74, 6) is 0.346. The van der Waals surface area contributed by atoms with Crippen LogP contribution < -0.4 is 15.8 Å². The predicted octanol–water partition coefficient (Wildman–Crippen LogP) is 3.21. The van der Waals surface area contributed by atoms with Gasteiger partial charge in [-0.2, -0.15) is 0 Å². The SMILES string of the molecule is Cl.Cl.NCCCC(=O)NCc1ccc(Oc2cccc(F)c2)nc1. The maximum atomic E-state index is 13.1. The Labute approximate surface area is 152 Å². The Morgan fingerprint density at radius 3 is 2.67 bits per heavy atom. The second kappa shape index (κ2) is 11.6. The Balaban J connectivity index is 0.00000264. The highest BCUT2D eigenvalue weighted by Crippen LogP contribution is 2.19. The van der Waals surface area contributed by atoms with Gasteiger partial charge in [0.1, 0.15) is 11.6 Å². The molecule has 0 spiro atoms. The quantitative estimate of drug-likeness (QED) is 0.778. The van der Waals surface area contributed by atoms with Crippen molar-refractivity contribution in [2.24, 2.45) is 5.73 Å². The molecule has 2 aromatic rings. The number of nitrogens with one attached hydrogen (secondary N) is 1. The molecule has 1 aromatic heterocycles. The zero-order chi connectivity index (χ0) is 15.8. The first-order chi connectivity index (χ1) is 10.7. The topological polar surface area (TPSA) is 77.2 Å². The van der Waals surface area contributed by atoms with Crippen molar-refractivity contribution in [3.63, 3.8) is 0 Å². The Morgan fingerprint density at radius 2 is 2.04 bits per heavy atom. The van der Waals surface area contributed by atoms with E-state index in [0.29, 0.717) is 37.6 Å². The Kier molecular flexibility index (Phi) is 10.7. The standard InChI is InChI=1S/C16H18FN3O2.2ClH/c17-13-3-1-4-14(9-13)22-16-7-6-12(11-20-16)10-19-15(21)5-2-8-18;;/h1,3-4,6-7,9,11H,2,5,8,10,18H2,(H,19,21);2*1H. The average Bonchev–Trinajstić information content (AvgIpc) is 2.52. The summed E-state index contributed by atoms with van der Waals surface area (Å²) in [6.07, 6.45) is 2.70. The molecule has 0 atom stereocenters. The van der Waals surface area contributed by atoms with E-state index >= 15 is 0 Å². The second-order valence-electron chi connectivity index (χ2n) is 4.73. The van der Waals surface area contributed by atoms with Crippen LogP contribution in [-0.2, 0) is 11.3 Å². The number of rotatable bonds is 7. The van der Waals surface area contributed by atoms with Crippen LogP contribution in [-0.4, -0.2) is 17.4 Å². The lowest BCUT2D eigenvalue weighted by Gasteiger charge is -2.07. The molecule has 132 valence electrons. The number of carbonyl (C=O) groups is 1. The molecule has 0 aliphatic rings. The van der Waals surface area contributed by atoms with Gasteiger partial charge in [0.15, 0.2) is 0 Å². The van der Waals surface area contributed by atoms with Crippen LogP contribution in [0.1, 0.15) is 18.4 Å². The van der Waals surface area contributed by atoms with Crippen molar-refractivity contribution in [1.82, 2.24) is 10.3 Å². The first-order valence-corrected chi connectivity index (χ1v) is 7.02. The van der Waals surface area contributed by atoms with E-state index in [1.807, 2.05) is 0 Å². The number of hydrogen-bond acceptors (Lipinski definition) is 4. The van der Waals surface area contributed by atoms with E-state index in [2.05, 4.69) is 10.3 Å². The molecule has 0 radical (unpaired) electrons. The number of nitrogens with two attached hydrogens (primary N) is 1. The molecule has 0 aliphatic heterocycles. The molecule has 5 nitrogen and oxygen atoms in total. The number of pyridine rings is 1. The minimum atomic E-state index is -0.366. The highest BCUT2D eigenvalue weighted by molar-refractivity contribution is 5.85. The van der Waals surface area contributed by atoms with E-state index in [4.69, 9.17) is 10.5 Å². The maximum absolute atomic E-state index is 13.1. The van der Waals surface area contributed by atoms with Crippen molar-refractivity contribution in [2.75, 3.05) is 6.54 Å². The van der Waals surface area contributed by atoms with E-state index in [1.54, 1.807) is 30.5 Å². The number of benzene rings is 1. The summed E-state index contributed by atoms with van der Waals surface area (Å²) in [7, 11) is 0. The minimum absolute atomic E-state index is 0. The lowest BCUT2D eigenvalue weighted by molar-refractivity contribution is -0.121. The number of aromatic nitrogens is 1. The zero-order valence-corrected chi connectivity index (χ0v) is 14.5. The van der Waals surface area contributed by atoms with Crippen LogP contribution in [0, 0.1) is 5.82 Å². The van der Waals surface area contributed by atoms with Crippen molar-refractivity contribution in [3.8, 4) is 11.6 Å². The molecular weight excluding hydrogens is 356 g/mol. The van der Waals surface area contributed by atoms with Crippen molar-refractivity contribution < 1.29 is 13.9 Å². The predicted molar refractivity (Wildman–Crippen MR) is 95.3 cm³/mol. The zero-order valence-electron chi connectivity index (χ0n) is 12.9. The highest BCUT2D eigenvalue weighted by Gasteiger charge is 2.03. The van der Waals surface area contributed by atoms with Gasteiger partial charge in [0, 0.05) is 31.3 Å². The molecule has 1 amide bonds. The average molecular weight is 376 g/mol. The summed E-state index contributed by atoms with van der Waals surface area (Å²) in [4.78, 5) is 15.6. The van der Waals surface area contributed by atoms with Gasteiger partial charge in [-0.25, -0.2) is 9.37 Å². The van der Waals surface area contributed by atoms with Gasteiger partial charge in [-0.3, -0.25) is 4.79 Å². The number of hydrogen-bond donors (Lipinski definition) is 2. The normalized spacial score (nSPS) is 9.42. The molecule has 0 saturated carbocycles. The number of carbonyl (C=O) groups excluding carboxylic acids is 1. The van der Waals surface area contributed by atoms with Gasteiger partial charge in [0.2, 0.25) is 11.8 Å². The number of amides is 1. The second-order valence-corrected chi connectivity index (χ2v) is 4.73. The minimum Gasteiger partial charge on any atom is -0.439 e. The van der Waals surface area contributed by atoms with Crippen LogP contribution in [0.2, 0.25) is 0 Å². The number of halogens is 3. The molecule has 24 heavy (non-hydrogen) atoms. The van der Waals surface area contributed by atoms with Gasteiger partial charge >= 0.3 is 0 Å². The van der Waals surface area contributed by atoms with Gasteiger partial charge < -0.3 is 15.8 Å². The molecule has 0 unspecified atom stereocenters. The van der Waals surface area contributed by atoms with Gasteiger partial charge in [-0.05, 0) is 30.7 Å². The summed E-state index contributed by atoms with van der Waals surface area (Å²) in [5, 5.41) is 2.79. The molecule has 1 aromatic carbocycles. The van der Waals surface area contributed by atoms with Crippen molar-refractivity contribution >= 4 is 30.7 Å². The van der Waals surface area contributed by atoms with Crippen LogP contribution in [0.25, 0.3) is 0 Å². The van der Waals surface area contributed by atoms with E-state index in [-0.39, 0.29) is 36.5 Å². The lowest BCUT2D eigenvalue weighted by Crippen LogP contribution is -2.23. The smallest absolute Gasteiger partial charge is 0.220 e. The fourth-order valence-corrected chi connectivity index (χ4v) is 1.78. The molecule has 0 bridgehead atoms. The van der Waals surface area contributed by atoms with Gasteiger partial charge in [-0.15, -0.1) is 24.8 Å². The Hall–Kier alpha value is -1.89. The molecular formula is C16H20Cl2FN3O2. The van der Waals surface area contributed by atoms with Crippen LogP contribution in [0.3, 0.4) is 0 Å². The van der Waals surface area contributed by atoms with Crippen LogP contribution >= 0.6 is 24.8 Å². The highest BCUT2D eigenvalue weighted by atomic mass is 35.5. The lowest BCUT2D eigenvalue weighted by atomic mass is 10.2. The van der Waals surface area contributed by atoms with Crippen LogP contribution in [0.4, 0.5) is 4.39 Å². The third-order valence-corrected chi connectivity index (χ3v) is 2.91. The summed E-state index contributed by atoms with van der Waals surface area (Å²) in [5.41, 5.74) is 6.20. The van der Waals surface area contributed by atoms with E-state index in [1.165, 1.54) is 12.1 Å². The maximum Gasteiger partial charge on any atom is 0.220 e. The third-order valence-electron chi connectivity index (χ3n) is 2.91. The van der Waals surface area contributed by atoms with Crippen LogP contribution in [0.5, 0.6) is 11.6 Å². The monoisotopic (exact) mass is 375 g/mol. The molecule has 0 saturated heterocycles. The molecule has 3 N–H and O–H groups in total. The first-order valence-electron chi connectivity index (χ1n) is 7.02. The number of ether oxygens (including phenoxy) is 1. The molecule has 2 rings (SSSR count). The van der Waals surface area contributed by atoms with Crippen molar-refractivity contribution in [1.29, 1.82) is 0 Å². The molecule has 0 fully saturated rings. The fourth-order valence-electron chi connectivity index (χ4n) is 1.78. The van der Waals surface area contributed by atoms with Crippen LogP contribution in [0.15, 0.2) is 42.6 Å². The molecule has 8 heteroatoms. The van der Waals surface area contributed by atoms with E-state index in [0.717, 1.165) is 5.56 Å². The summed E-state index contributed by atoms with van der Waals surface area (Å²) < 4.78 is 18.5. The van der Waals surface area contributed by atoms with E-state index < -0.39 is 0 Å². The van der Waals surface area contributed by atoms with Gasteiger partial charge in [0.25, 0.3) is 0 Å². The van der Waals surface area contributed by atoms with Gasteiger partial charge in [-0.1, -0.05) is 12.1 Å². The summed E-state index contributed by atoms with van der Waals surface area (Å²) in [6, 6.07) is 9.31. The summed E-state index contributed by atoms with van der Waals surface area (Å²) >= 11 is 0. The Bertz CT molecular complexity index is 627. The number of nitrogens with zero attached hydrogens (tertiary/aromatic N) is 1. The van der Waals surface area contributed by atoms with E-state index in [9.17, 15) is 9.18 Å². The summed E-state index contributed by atoms with van der Waals surface area (Å²) in [6.45, 7) is 0.901.